The average Bonchev–Trinajstić information content (AvgIpc) is 2.79. The topological polar surface area (TPSA) is 23.6 Å². The summed E-state index contributed by atoms with van der Waals surface area (Å²) in [6.45, 7) is 3.11. The van der Waals surface area contributed by atoms with Crippen LogP contribution in [0.15, 0.2) is 17.5 Å². The van der Waals surface area contributed by atoms with Crippen molar-refractivity contribution in [1.29, 1.82) is 0 Å². The molecule has 1 aromatic rings. The van der Waals surface area contributed by atoms with E-state index in [1.165, 1.54) is 11.3 Å². The summed E-state index contributed by atoms with van der Waals surface area (Å²) in [5.74, 6) is 0.279. The van der Waals surface area contributed by atoms with Crippen molar-refractivity contribution in [3.63, 3.8) is 0 Å². The fraction of sp³-hybridized carbons (Fsp3) is 0.615. The lowest BCUT2D eigenvalue weighted by Crippen LogP contribution is -2.29. The van der Waals surface area contributed by atoms with Crippen molar-refractivity contribution in [2.45, 2.75) is 12.8 Å². The van der Waals surface area contributed by atoms with Crippen LogP contribution in [0.3, 0.4) is 0 Å². The lowest BCUT2D eigenvalue weighted by Gasteiger charge is -2.18. The maximum Gasteiger partial charge on any atom is 0.172 e. The third-order valence-electron chi connectivity index (χ3n) is 2.67. The molecule has 0 fully saturated rings. The van der Waals surface area contributed by atoms with Gasteiger partial charge in [0.05, 0.1) is 4.88 Å². The Balaban J connectivity index is 2.13. The monoisotopic (exact) mass is 254 g/mol. The van der Waals surface area contributed by atoms with E-state index < -0.39 is 0 Å². The molecule has 1 rings (SSSR count). The number of ketones is 1. The highest BCUT2D eigenvalue weighted by Gasteiger charge is 2.07. The number of nitrogens with zero attached hydrogens (tertiary/aromatic N) is 2. The van der Waals surface area contributed by atoms with E-state index in [1.807, 2.05) is 17.5 Å². The van der Waals surface area contributed by atoms with Crippen molar-refractivity contribution in [2.75, 3.05) is 40.8 Å². The first kappa shape index (κ1) is 14.4. The summed E-state index contributed by atoms with van der Waals surface area (Å²) in [5, 5.41) is 1.95. The summed E-state index contributed by atoms with van der Waals surface area (Å²) in [4.78, 5) is 17.1. The van der Waals surface area contributed by atoms with Crippen LogP contribution >= 0.6 is 11.3 Å². The van der Waals surface area contributed by atoms with E-state index in [9.17, 15) is 4.79 Å². The van der Waals surface area contributed by atoms with Gasteiger partial charge in [0.2, 0.25) is 0 Å². The molecular formula is C13H22N2OS. The van der Waals surface area contributed by atoms with E-state index in [0.29, 0.717) is 6.42 Å². The van der Waals surface area contributed by atoms with Crippen LogP contribution in [0.4, 0.5) is 0 Å². The Morgan fingerprint density at radius 3 is 2.59 bits per heavy atom. The lowest BCUT2D eigenvalue weighted by atomic mass is 10.2. The van der Waals surface area contributed by atoms with Crippen molar-refractivity contribution < 1.29 is 4.79 Å². The summed E-state index contributed by atoms with van der Waals surface area (Å²) in [7, 11) is 6.27. The van der Waals surface area contributed by atoms with Gasteiger partial charge in [0, 0.05) is 19.5 Å². The van der Waals surface area contributed by atoms with Crippen LogP contribution in [0, 0.1) is 0 Å². The lowest BCUT2D eigenvalue weighted by molar-refractivity contribution is 0.0980. The quantitative estimate of drug-likeness (QED) is 0.665. The number of carbonyl (C=O) groups excluding carboxylic acids is 1. The molecule has 0 saturated carbocycles. The fourth-order valence-corrected chi connectivity index (χ4v) is 2.25. The standard InChI is InChI=1S/C13H22N2OS/c1-14(2)9-10-15(3)8-4-6-12(16)13-7-5-11-17-13/h5,7,11H,4,6,8-10H2,1-3H3. The van der Waals surface area contributed by atoms with Gasteiger partial charge in [-0.3, -0.25) is 4.79 Å². The summed E-state index contributed by atoms with van der Waals surface area (Å²) in [6.07, 6.45) is 1.60. The van der Waals surface area contributed by atoms with Gasteiger partial charge in [-0.05, 0) is 45.6 Å². The largest absolute Gasteiger partial charge is 0.308 e. The normalized spacial score (nSPS) is 11.4. The maximum absolute atomic E-state index is 11.7. The molecule has 0 atom stereocenters. The minimum absolute atomic E-state index is 0.279. The summed E-state index contributed by atoms with van der Waals surface area (Å²) in [6, 6.07) is 3.84. The van der Waals surface area contributed by atoms with Crippen LogP contribution in [-0.2, 0) is 0 Å². The molecule has 0 spiro atoms. The van der Waals surface area contributed by atoms with Gasteiger partial charge in [0.1, 0.15) is 0 Å². The Hall–Kier alpha value is -0.710. The first-order chi connectivity index (χ1) is 8.09. The van der Waals surface area contributed by atoms with Crippen molar-refractivity contribution in [3.05, 3.63) is 22.4 Å². The zero-order valence-electron chi connectivity index (χ0n) is 11.0. The van der Waals surface area contributed by atoms with E-state index in [4.69, 9.17) is 0 Å². The Bertz CT molecular complexity index is 322. The second kappa shape index (κ2) is 7.58. The molecule has 0 unspecified atom stereocenters. The molecule has 3 nitrogen and oxygen atoms in total. The Morgan fingerprint density at radius 2 is 2.00 bits per heavy atom. The van der Waals surface area contributed by atoms with E-state index in [-0.39, 0.29) is 5.78 Å². The second-order valence-corrected chi connectivity index (χ2v) is 5.56. The molecule has 0 N–H and O–H groups in total. The molecule has 0 radical (unpaired) electrons. The zero-order valence-corrected chi connectivity index (χ0v) is 11.8. The van der Waals surface area contributed by atoms with Gasteiger partial charge >= 0.3 is 0 Å². The fourth-order valence-electron chi connectivity index (χ4n) is 1.55. The molecule has 0 aromatic carbocycles. The number of hydrogen-bond donors (Lipinski definition) is 0. The van der Waals surface area contributed by atoms with Crippen LogP contribution < -0.4 is 0 Å². The van der Waals surface area contributed by atoms with Crippen LogP contribution in [-0.4, -0.2) is 56.4 Å². The van der Waals surface area contributed by atoms with E-state index in [1.54, 1.807) is 0 Å². The van der Waals surface area contributed by atoms with Crippen LogP contribution in [0.25, 0.3) is 0 Å². The molecule has 0 saturated heterocycles. The minimum atomic E-state index is 0.279. The van der Waals surface area contributed by atoms with Crippen molar-refractivity contribution in [1.82, 2.24) is 9.80 Å². The van der Waals surface area contributed by atoms with Gasteiger partial charge in [-0.2, -0.15) is 0 Å². The number of likely N-dealkylation sites (N-methyl/N-ethyl adjacent to an activating group) is 2. The SMILES string of the molecule is CN(C)CCN(C)CCCC(=O)c1cccs1. The first-order valence-electron chi connectivity index (χ1n) is 5.99. The van der Waals surface area contributed by atoms with Crippen LogP contribution in [0.5, 0.6) is 0 Å². The van der Waals surface area contributed by atoms with Gasteiger partial charge in [-0.1, -0.05) is 6.07 Å². The zero-order chi connectivity index (χ0) is 12.7. The summed E-state index contributed by atoms with van der Waals surface area (Å²) >= 11 is 1.53. The number of Topliss-reactive ketones (excluding diaryl/α,β-unsaturated/α-hetero) is 1. The first-order valence-corrected chi connectivity index (χ1v) is 6.87. The average molecular weight is 254 g/mol. The molecule has 0 aliphatic rings. The Kier molecular flexibility index (Phi) is 6.40. The molecule has 4 heteroatoms. The molecule has 1 heterocycles. The molecule has 96 valence electrons. The molecule has 0 aliphatic carbocycles. The molecule has 17 heavy (non-hydrogen) atoms. The third-order valence-corrected chi connectivity index (χ3v) is 3.58. The predicted molar refractivity (Wildman–Crippen MR) is 73.9 cm³/mol. The van der Waals surface area contributed by atoms with Crippen molar-refractivity contribution in [2.24, 2.45) is 0 Å². The van der Waals surface area contributed by atoms with E-state index in [2.05, 4.69) is 30.9 Å². The second-order valence-electron chi connectivity index (χ2n) is 4.61. The molecular weight excluding hydrogens is 232 g/mol. The highest BCUT2D eigenvalue weighted by Crippen LogP contribution is 2.12. The smallest absolute Gasteiger partial charge is 0.172 e. The molecule has 1 aromatic heterocycles. The third kappa shape index (κ3) is 5.96. The number of carbonyl (C=O) groups is 1. The Morgan fingerprint density at radius 1 is 1.24 bits per heavy atom. The van der Waals surface area contributed by atoms with Crippen molar-refractivity contribution >= 4 is 17.1 Å². The highest BCUT2D eigenvalue weighted by atomic mass is 32.1. The van der Waals surface area contributed by atoms with E-state index in [0.717, 1.165) is 30.9 Å². The maximum atomic E-state index is 11.7. The molecule has 0 aliphatic heterocycles. The van der Waals surface area contributed by atoms with Crippen molar-refractivity contribution in [3.8, 4) is 0 Å². The van der Waals surface area contributed by atoms with Crippen LogP contribution in [0.2, 0.25) is 0 Å². The Labute approximate surface area is 108 Å². The van der Waals surface area contributed by atoms with Gasteiger partial charge < -0.3 is 9.80 Å². The summed E-state index contributed by atoms with van der Waals surface area (Å²) < 4.78 is 0. The van der Waals surface area contributed by atoms with Crippen LogP contribution in [0.1, 0.15) is 22.5 Å². The number of hydrogen-bond acceptors (Lipinski definition) is 4. The van der Waals surface area contributed by atoms with Gasteiger partial charge in [0.25, 0.3) is 0 Å². The molecule has 0 bridgehead atoms. The number of thiophene rings is 1. The van der Waals surface area contributed by atoms with Gasteiger partial charge in [0.15, 0.2) is 5.78 Å². The molecule has 0 amide bonds. The predicted octanol–water partition coefficient (Wildman–Crippen LogP) is 2.20. The summed E-state index contributed by atoms with van der Waals surface area (Å²) in [5.41, 5.74) is 0. The van der Waals surface area contributed by atoms with Gasteiger partial charge in [-0.25, -0.2) is 0 Å². The van der Waals surface area contributed by atoms with E-state index >= 15 is 0 Å². The number of rotatable bonds is 8. The minimum Gasteiger partial charge on any atom is -0.308 e. The van der Waals surface area contributed by atoms with Gasteiger partial charge in [-0.15, -0.1) is 11.3 Å². The highest BCUT2D eigenvalue weighted by molar-refractivity contribution is 7.12.